The molecule has 1 aromatic rings. The van der Waals surface area contributed by atoms with Crippen molar-refractivity contribution in [1.82, 2.24) is 10.2 Å². The molecule has 2 rings (SSSR count). The summed E-state index contributed by atoms with van der Waals surface area (Å²) in [6, 6.07) is 4.67. The molecule has 1 saturated heterocycles. The van der Waals surface area contributed by atoms with Crippen molar-refractivity contribution in [2.45, 2.75) is 24.7 Å². The van der Waals surface area contributed by atoms with Gasteiger partial charge in [0.05, 0.1) is 4.90 Å². The van der Waals surface area contributed by atoms with E-state index >= 15 is 0 Å². The maximum absolute atomic E-state index is 12.6. The second-order valence-electron chi connectivity index (χ2n) is 5.84. The number of amides is 1. The molecule has 1 heterocycles. The first-order chi connectivity index (χ1) is 10.3. The summed E-state index contributed by atoms with van der Waals surface area (Å²) in [5.41, 5.74) is 0.922. The number of nitrogens with two attached hydrogens (primary N) is 1. The van der Waals surface area contributed by atoms with Crippen LogP contribution in [0.4, 0.5) is 0 Å². The molecule has 1 atom stereocenters. The number of likely N-dealkylation sites (tertiary alicyclic amines) is 1. The lowest BCUT2D eigenvalue weighted by atomic mass is 9.97. The zero-order valence-electron chi connectivity index (χ0n) is 13.0. The SMILES string of the molecule is CNC[C@H]1CCCN(C(=O)c2ccc(C)c(S(N)(=O)=O)c2)C1. The lowest BCUT2D eigenvalue weighted by molar-refractivity contribution is 0.0674. The summed E-state index contributed by atoms with van der Waals surface area (Å²) in [6.07, 6.45) is 2.06. The molecule has 3 N–H and O–H groups in total. The molecular weight excluding hydrogens is 302 g/mol. The highest BCUT2D eigenvalue weighted by Gasteiger charge is 2.25. The maximum Gasteiger partial charge on any atom is 0.253 e. The van der Waals surface area contributed by atoms with E-state index < -0.39 is 10.0 Å². The summed E-state index contributed by atoms with van der Waals surface area (Å²) in [4.78, 5) is 14.4. The molecule has 0 aliphatic carbocycles. The van der Waals surface area contributed by atoms with Gasteiger partial charge in [0.25, 0.3) is 5.91 Å². The number of carbonyl (C=O) groups is 1. The Morgan fingerprint density at radius 2 is 2.18 bits per heavy atom. The minimum Gasteiger partial charge on any atom is -0.338 e. The van der Waals surface area contributed by atoms with E-state index in [2.05, 4.69) is 5.32 Å². The molecule has 1 amide bonds. The Morgan fingerprint density at radius 3 is 2.82 bits per heavy atom. The second kappa shape index (κ2) is 6.76. The fraction of sp³-hybridized carbons (Fsp3) is 0.533. The minimum absolute atomic E-state index is 0.0159. The predicted octanol–water partition coefficient (Wildman–Crippen LogP) is 0.714. The monoisotopic (exact) mass is 325 g/mol. The fourth-order valence-corrected chi connectivity index (χ4v) is 3.74. The van der Waals surface area contributed by atoms with Gasteiger partial charge in [0, 0.05) is 18.7 Å². The van der Waals surface area contributed by atoms with Crippen LogP contribution in [0.3, 0.4) is 0 Å². The Kier molecular flexibility index (Phi) is 5.20. The molecule has 0 aromatic heterocycles. The van der Waals surface area contributed by atoms with E-state index in [0.717, 1.165) is 19.4 Å². The quantitative estimate of drug-likeness (QED) is 0.853. The summed E-state index contributed by atoms with van der Waals surface area (Å²) >= 11 is 0. The highest BCUT2D eigenvalue weighted by atomic mass is 32.2. The van der Waals surface area contributed by atoms with Gasteiger partial charge in [-0.1, -0.05) is 6.07 Å². The van der Waals surface area contributed by atoms with Gasteiger partial charge >= 0.3 is 0 Å². The number of hydrogen-bond donors (Lipinski definition) is 2. The molecule has 7 heteroatoms. The van der Waals surface area contributed by atoms with Crippen molar-refractivity contribution in [2.75, 3.05) is 26.7 Å². The summed E-state index contributed by atoms with van der Waals surface area (Å²) in [5, 5.41) is 8.35. The van der Waals surface area contributed by atoms with Crippen molar-refractivity contribution < 1.29 is 13.2 Å². The van der Waals surface area contributed by atoms with Gasteiger partial charge in [0.1, 0.15) is 0 Å². The standard InChI is InChI=1S/C15H23N3O3S/c1-11-5-6-13(8-14(11)22(16,20)21)15(19)18-7-3-4-12(10-18)9-17-2/h5-6,8,12,17H,3-4,7,9-10H2,1-2H3,(H2,16,20,21)/t12-/m1/s1. The van der Waals surface area contributed by atoms with E-state index in [1.54, 1.807) is 24.0 Å². The maximum atomic E-state index is 12.6. The number of aryl methyl sites for hydroxylation is 1. The van der Waals surface area contributed by atoms with Crippen LogP contribution >= 0.6 is 0 Å². The van der Waals surface area contributed by atoms with Crippen molar-refractivity contribution in [1.29, 1.82) is 0 Å². The second-order valence-corrected chi connectivity index (χ2v) is 7.37. The smallest absolute Gasteiger partial charge is 0.253 e. The Balaban J connectivity index is 2.23. The zero-order chi connectivity index (χ0) is 16.3. The molecule has 122 valence electrons. The topological polar surface area (TPSA) is 92.5 Å². The average Bonchev–Trinajstić information content (AvgIpc) is 2.46. The van der Waals surface area contributed by atoms with Crippen LogP contribution in [0.1, 0.15) is 28.8 Å². The first kappa shape index (κ1) is 16.9. The number of primary sulfonamides is 1. The third kappa shape index (κ3) is 3.85. The molecule has 6 nitrogen and oxygen atoms in total. The van der Waals surface area contributed by atoms with Crippen molar-refractivity contribution in [2.24, 2.45) is 11.1 Å². The molecule has 1 aliphatic heterocycles. The molecule has 1 aromatic carbocycles. The Bertz CT molecular complexity index is 656. The van der Waals surface area contributed by atoms with Gasteiger partial charge in [-0.15, -0.1) is 0 Å². The van der Waals surface area contributed by atoms with E-state index in [4.69, 9.17) is 5.14 Å². The van der Waals surface area contributed by atoms with Crippen molar-refractivity contribution in [3.05, 3.63) is 29.3 Å². The van der Waals surface area contributed by atoms with E-state index in [-0.39, 0.29) is 10.8 Å². The first-order valence-electron chi connectivity index (χ1n) is 7.40. The van der Waals surface area contributed by atoms with Gasteiger partial charge in [0.15, 0.2) is 0 Å². The number of carbonyl (C=O) groups excluding carboxylic acids is 1. The van der Waals surface area contributed by atoms with Crippen LogP contribution in [0.25, 0.3) is 0 Å². The number of benzene rings is 1. The van der Waals surface area contributed by atoms with Gasteiger partial charge < -0.3 is 10.2 Å². The number of piperidine rings is 1. The van der Waals surface area contributed by atoms with Crippen molar-refractivity contribution in [3.63, 3.8) is 0 Å². The zero-order valence-corrected chi connectivity index (χ0v) is 13.8. The van der Waals surface area contributed by atoms with Gasteiger partial charge in [-0.2, -0.15) is 0 Å². The Morgan fingerprint density at radius 1 is 1.45 bits per heavy atom. The molecule has 0 spiro atoms. The van der Waals surface area contributed by atoms with E-state index in [1.165, 1.54) is 6.07 Å². The third-order valence-electron chi connectivity index (χ3n) is 4.04. The summed E-state index contributed by atoms with van der Waals surface area (Å²) in [6.45, 7) is 3.94. The van der Waals surface area contributed by atoms with Crippen LogP contribution < -0.4 is 10.5 Å². The van der Waals surface area contributed by atoms with Gasteiger partial charge in [-0.25, -0.2) is 13.6 Å². The Hall–Kier alpha value is -1.44. The van der Waals surface area contributed by atoms with Gasteiger partial charge in [0.2, 0.25) is 10.0 Å². The molecule has 22 heavy (non-hydrogen) atoms. The molecule has 0 unspecified atom stereocenters. The van der Waals surface area contributed by atoms with Crippen LogP contribution in [-0.4, -0.2) is 45.9 Å². The van der Waals surface area contributed by atoms with Crippen LogP contribution in [0.2, 0.25) is 0 Å². The normalized spacial score (nSPS) is 19.2. The van der Waals surface area contributed by atoms with Gasteiger partial charge in [-0.3, -0.25) is 4.79 Å². The summed E-state index contributed by atoms with van der Waals surface area (Å²) in [7, 11) is -1.92. The molecule has 1 aliphatic rings. The van der Waals surface area contributed by atoms with Crippen molar-refractivity contribution >= 4 is 15.9 Å². The summed E-state index contributed by atoms with van der Waals surface area (Å²) in [5.74, 6) is 0.302. The number of rotatable bonds is 4. The molecule has 0 radical (unpaired) electrons. The number of nitrogens with zero attached hydrogens (tertiary/aromatic N) is 1. The van der Waals surface area contributed by atoms with E-state index in [1.807, 2.05) is 7.05 Å². The van der Waals surface area contributed by atoms with Crippen LogP contribution in [-0.2, 0) is 10.0 Å². The lowest BCUT2D eigenvalue weighted by Gasteiger charge is -2.33. The highest BCUT2D eigenvalue weighted by molar-refractivity contribution is 7.89. The first-order valence-corrected chi connectivity index (χ1v) is 8.95. The minimum atomic E-state index is -3.82. The highest BCUT2D eigenvalue weighted by Crippen LogP contribution is 2.21. The largest absolute Gasteiger partial charge is 0.338 e. The number of hydrogen-bond acceptors (Lipinski definition) is 4. The third-order valence-corrected chi connectivity index (χ3v) is 5.09. The van der Waals surface area contributed by atoms with Crippen LogP contribution in [0, 0.1) is 12.8 Å². The molecular formula is C15H23N3O3S. The fourth-order valence-electron chi connectivity index (χ4n) is 2.93. The molecule has 1 fully saturated rings. The molecule has 0 bridgehead atoms. The predicted molar refractivity (Wildman–Crippen MR) is 85.1 cm³/mol. The van der Waals surface area contributed by atoms with Crippen LogP contribution in [0.5, 0.6) is 0 Å². The lowest BCUT2D eigenvalue weighted by Crippen LogP contribution is -2.42. The summed E-state index contributed by atoms with van der Waals surface area (Å²) < 4.78 is 23.2. The number of sulfonamides is 1. The molecule has 0 saturated carbocycles. The van der Waals surface area contributed by atoms with Crippen molar-refractivity contribution in [3.8, 4) is 0 Å². The van der Waals surface area contributed by atoms with E-state index in [9.17, 15) is 13.2 Å². The van der Waals surface area contributed by atoms with E-state index in [0.29, 0.717) is 30.1 Å². The average molecular weight is 325 g/mol. The van der Waals surface area contributed by atoms with Gasteiger partial charge in [-0.05, 0) is 57.0 Å². The Labute approximate surface area is 131 Å². The van der Waals surface area contributed by atoms with Crippen LogP contribution in [0.15, 0.2) is 23.1 Å². The number of nitrogens with one attached hydrogen (secondary N) is 1.